The summed E-state index contributed by atoms with van der Waals surface area (Å²) in [6.45, 7) is 0.689. The van der Waals surface area contributed by atoms with E-state index < -0.39 is 18.5 Å². The predicted molar refractivity (Wildman–Crippen MR) is 47.3 cm³/mol. The summed E-state index contributed by atoms with van der Waals surface area (Å²) in [6, 6.07) is 2.56. The molecule has 1 aromatic carbocycles. The van der Waals surface area contributed by atoms with Crippen molar-refractivity contribution in [3.63, 3.8) is 0 Å². The minimum atomic E-state index is -1.03. The van der Waals surface area contributed by atoms with Crippen LogP contribution in [0, 0.1) is 12.7 Å². The Morgan fingerprint density at radius 3 is 2.57 bits per heavy atom. The zero-order valence-electron chi connectivity index (χ0n) is 7.68. The van der Waals surface area contributed by atoms with Gasteiger partial charge in [-0.05, 0) is 24.1 Å². The number of alkyl halides is 1. The molecule has 2 nitrogen and oxygen atoms in total. The first-order valence-corrected chi connectivity index (χ1v) is 4.10. The number of hydrogen-bond donors (Lipinski definition) is 1. The van der Waals surface area contributed by atoms with E-state index in [1.807, 2.05) is 0 Å². The van der Waals surface area contributed by atoms with Gasteiger partial charge >= 0.3 is 5.97 Å². The first-order chi connectivity index (χ1) is 6.54. The lowest BCUT2D eigenvalue weighted by atomic mass is 10.0. The molecule has 0 saturated carbocycles. The number of carbonyl (C=O) groups is 1. The molecule has 0 aromatic heterocycles. The van der Waals surface area contributed by atoms with Gasteiger partial charge in [0.05, 0.1) is 6.42 Å². The number of rotatable bonds is 3. The standard InChI is InChI=1S/C10H10F2O2/c1-6-2-7(4-10(13)14)3-9(12)8(6)5-11/h2-3H,4-5H2,1H3,(H,13,14). The number of halogens is 2. The Morgan fingerprint density at radius 2 is 2.14 bits per heavy atom. The zero-order chi connectivity index (χ0) is 10.7. The van der Waals surface area contributed by atoms with Gasteiger partial charge in [-0.1, -0.05) is 6.07 Å². The molecule has 76 valence electrons. The molecule has 0 saturated heterocycles. The number of benzene rings is 1. The van der Waals surface area contributed by atoms with E-state index in [9.17, 15) is 13.6 Å². The molecular weight excluding hydrogens is 190 g/mol. The molecule has 0 atom stereocenters. The highest BCUT2D eigenvalue weighted by molar-refractivity contribution is 5.70. The van der Waals surface area contributed by atoms with E-state index in [1.165, 1.54) is 6.07 Å². The molecule has 0 aliphatic heterocycles. The molecule has 0 radical (unpaired) electrons. The van der Waals surface area contributed by atoms with Crippen molar-refractivity contribution in [3.05, 3.63) is 34.6 Å². The van der Waals surface area contributed by atoms with Gasteiger partial charge in [0.15, 0.2) is 0 Å². The molecule has 0 aliphatic carbocycles. The van der Waals surface area contributed by atoms with Gasteiger partial charge in [-0.15, -0.1) is 0 Å². The maximum absolute atomic E-state index is 13.1. The smallest absolute Gasteiger partial charge is 0.307 e. The Balaban J connectivity index is 3.07. The van der Waals surface area contributed by atoms with E-state index in [-0.39, 0.29) is 12.0 Å². The molecule has 0 bridgehead atoms. The molecule has 0 spiro atoms. The molecule has 1 aromatic rings. The largest absolute Gasteiger partial charge is 0.481 e. The number of aliphatic carboxylic acids is 1. The quantitative estimate of drug-likeness (QED) is 0.812. The van der Waals surface area contributed by atoms with Crippen molar-refractivity contribution in [2.24, 2.45) is 0 Å². The fourth-order valence-electron chi connectivity index (χ4n) is 1.29. The van der Waals surface area contributed by atoms with Gasteiger partial charge in [-0.2, -0.15) is 0 Å². The average molecular weight is 200 g/mol. The summed E-state index contributed by atoms with van der Waals surface area (Å²) in [5.74, 6) is -1.71. The molecule has 0 fully saturated rings. The molecule has 1 rings (SSSR count). The van der Waals surface area contributed by atoms with Crippen LogP contribution in [0.3, 0.4) is 0 Å². The van der Waals surface area contributed by atoms with Gasteiger partial charge in [-0.3, -0.25) is 4.79 Å². The van der Waals surface area contributed by atoms with Crippen LogP contribution in [0.15, 0.2) is 12.1 Å². The summed E-state index contributed by atoms with van der Waals surface area (Å²) < 4.78 is 25.4. The number of carboxylic acid groups (broad SMARTS) is 1. The second kappa shape index (κ2) is 4.17. The highest BCUT2D eigenvalue weighted by Crippen LogP contribution is 2.17. The van der Waals surface area contributed by atoms with Crippen LogP contribution in [-0.4, -0.2) is 11.1 Å². The fraction of sp³-hybridized carbons (Fsp3) is 0.300. The molecule has 0 aliphatic rings. The lowest BCUT2D eigenvalue weighted by molar-refractivity contribution is -0.136. The predicted octanol–water partition coefficient (Wildman–Crippen LogP) is 2.23. The van der Waals surface area contributed by atoms with E-state index in [0.717, 1.165) is 6.07 Å². The van der Waals surface area contributed by atoms with Gasteiger partial charge in [0.1, 0.15) is 12.5 Å². The van der Waals surface area contributed by atoms with Crippen molar-refractivity contribution in [1.82, 2.24) is 0 Å². The highest BCUT2D eigenvalue weighted by Gasteiger charge is 2.09. The molecule has 4 heteroatoms. The number of aryl methyl sites for hydroxylation is 1. The maximum Gasteiger partial charge on any atom is 0.307 e. The Morgan fingerprint density at radius 1 is 1.50 bits per heavy atom. The van der Waals surface area contributed by atoms with E-state index in [4.69, 9.17) is 5.11 Å². The van der Waals surface area contributed by atoms with Crippen molar-refractivity contribution in [2.75, 3.05) is 0 Å². The first-order valence-electron chi connectivity index (χ1n) is 4.10. The van der Waals surface area contributed by atoms with E-state index >= 15 is 0 Å². The van der Waals surface area contributed by atoms with Crippen LogP contribution >= 0.6 is 0 Å². The van der Waals surface area contributed by atoms with Crippen LogP contribution in [0.1, 0.15) is 16.7 Å². The van der Waals surface area contributed by atoms with E-state index in [1.54, 1.807) is 6.92 Å². The van der Waals surface area contributed by atoms with Crippen LogP contribution in [-0.2, 0) is 17.9 Å². The highest BCUT2D eigenvalue weighted by atomic mass is 19.1. The average Bonchev–Trinajstić information content (AvgIpc) is 2.01. The van der Waals surface area contributed by atoms with Crippen molar-refractivity contribution in [1.29, 1.82) is 0 Å². The third-order valence-electron chi connectivity index (χ3n) is 1.97. The molecule has 0 unspecified atom stereocenters. The molecule has 1 N–H and O–H groups in total. The number of carboxylic acids is 1. The van der Waals surface area contributed by atoms with Crippen molar-refractivity contribution >= 4 is 5.97 Å². The van der Waals surface area contributed by atoms with Crippen LogP contribution in [0.25, 0.3) is 0 Å². The molecular formula is C10H10F2O2. The summed E-state index contributed by atoms with van der Waals surface area (Å²) >= 11 is 0. The minimum Gasteiger partial charge on any atom is -0.481 e. The summed E-state index contributed by atoms with van der Waals surface area (Å²) in [6.07, 6.45) is -0.246. The Hall–Kier alpha value is -1.45. The Kier molecular flexibility index (Phi) is 3.17. The van der Waals surface area contributed by atoms with Crippen molar-refractivity contribution < 1.29 is 18.7 Å². The van der Waals surface area contributed by atoms with Gasteiger partial charge in [0, 0.05) is 5.56 Å². The third-order valence-corrected chi connectivity index (χ3v) is 1.97. The van der Waals surface area contributed by atoms with Crippen LogP contribution in [0.4, 0.5) is 8.78 Å². The molecule has 0 amide bonds. The van der Waals surface area contributed by atoms with E-state index in [0.29, 0.717) is 11.1 Å². The summed E-state index contributed by atoms with van der Waals surface area (Å²) in [4.78, 5) is 10.3. The number of hydrogen-bond acceptors (Lipinski definition) is 1. The summed E-state index contributed by atoms with van der Waals surface area (Å²) in [7, 11) is 0. The summed E-state index contributed by atoms with van der Waals surface area (Å²) in [5.41, 5.74) is 0.799. The van der Waals surface area contributed by atoms with Crippen molar-refractivity contribution in [3.8, 4) is 0 Å². The molecule has 14 heavy (non-hydrogen) atoms. The van der Waals surface area contributed by atoms with E-state index in [2.05, 4.69) is 0 Å². The lowest BCUT2D eigenvalue weighted by Gasteiger charge is -2.05. The SMILES string of the molecule is Cc1cc(CC(=O)O)cc(F)c1CF. The first kappa shape index (κ1) is 10.6. The summed E-state index contributed by atoms with van der Waals surface area (Å²) in [5, 5.41) is 8.48. The maximum atomic E-state index is 13.1. The second-order valence-corrected chi connectivity index (χ2v) is 3.08. The molecule has 0 heterocycles. The van der Waals surface area contributed by atoms with Crippen LogP contribution in [0.5, 0.6) is 0 Å². The van der Waals surface area contributed by atoms with Crippen LogP contribution in [0.2, 0.25) is 0 Å². The monoisotopic (exact) mass is 200 g/mol. The lowest BCUT2D eigenvalue weighted by Crippen LogP contribution is -2.02. The second-order valence-electron chi connectivity index (χ2n) is 3.08. The zero-order valence-corrected chi connectivity index (χ0v) is 7.68. The Bertz CT molecular complexity index is 338. The fourth-order valence-corrected chi connectivity index (χ4v) is 1.29. The normalized spacial score (nSPS) is 10.2. The van der Waals surface area contributed by atoms with Gasteiger partial charge in [0.25, 0.3) is 0 Å². The topological polar surface area (TPSA) is 37.3 Å². The van der Waals surface area contributed by atoms with Gasteiger partial charge < -0.3 is 5.11 Å². The van der Waals surface area contributed by atoms with Crippen LogP contribution < -0.4 is 0 Å². The van der Waals surface area contributed by atoms with Crippen molar-refractivity contribution in [2.45, 2.75) is 20.0 Å². The van der Waals surface area contributed by atoms with Gasteiger partial charge in [-0.25, -0.2) is 8.78 Å². The Labute approximate surface area is 80.2 Å². The van der Waals surface area contributed by atoms with Gasteiger partial charge in [0.2, 0.25) is 0 Å². The minimum absolute atomic E-state index is 0.000797. The third kappa shape index (κ3) is 2.28.